The average molecular weight is 375 g/mol. The van der Waals surface area contributed by atoms with E-state index in [1.54, 1.807) is 19.2 Å². The fraction of sp³-hybridized carbons (Fsp3) is 0.579. The first-order valence-electron chi connectivity index (χ1n) is 9.49. The Labute approximate surface area is 158 Å². The minimum absolute atomic E-state index is 0.183. The molecular formula is C19H26FN5O2. The summed E-state index contributed by atoms with van der Waals surface area (Å²) in [7, 11) is 3.72. The number of piperazine rings is 1. The first-order valence-corrected chi connectivity index (χ1v) is 9.49. The Morgan fingerprint density at radius 3 is 2.52 bits per heavy atom. The molecule has 0 radical (unpaired) electrons. The molecule has 1 aromatic carbocycles. The Bertz CT molecular complexity index is 767. The fourth-order valence-electron chi connectivity index (χ4n) is 3.86. The van der Waals surface area contributed by atoms with Crippen LogP contribution in [0.15, 0.2) is 22.6 Å². The summed E-state index contributed by atoms with van der Waals surface area (Å²) in [4.78, 5) is 7.08. The second kappa shape index (κ2) is 7.82. The number of anilines is 1. The third-order valence-electron chi connectivity index (χ3n) is 5.61. The van der Waals surface area contributed by atoms with Crippen LogP contribution in [0.3, 0.4) is 0 Å². The van der Waals surface area contributed by atoms with E-state index in [0.29, 0.717) is 17.8 Å². The fourth-order valence-corrected chi connectivity index (χ4v) is 3.86. The lowest BCUT2D eigenvalue weighted by atomic mass is 10.0. The molecule has 0 saturated carbocycles. The maximum atomic E-state index is 14.1. The molecule has 27 heavy (non-hydrogen) atoms. The highest BCUT2D eigenvalue weighted by Gasteiger charge is 2.28. The Hall–Kier alpha value is -2.19. The van der Waals surface area contributed by atoms with E-state index < -0.39 is 5.82 Å². The topological polar surface area (TPSA) is 57.9 Å². The smallest absolute Gasteiger partial charge is 0.318 e. The molecule has 0 spiro atoms. The van der Waals surface area contributed by atoms with E-state index in [9.17, 15) is 4.39 Å². The largest absolute Gasteiger partial charge is 0.497 e. The molecule has 0 aliphatic carbocycles. The van der Waals surface area contributed by atoms with E-state index in [1.807, 2.05) is 0 Å². The van der Waals surface area contributed by atoms with Crippen LogP contribution < -0.4 is 9.64 Å². The van der Waals surface area contributed by atoms with Crippen LogP contribution in [-0.4, -0.2) is 79.5 Å². The lowest BCUT2D eigenvalue weighted by molar-refractivity contribution is 0.0976. The van der Waals surface area contributed by atoms with E-state index in [4.69, 9.17) is 9.15 Å². The van der Waals surface area contributed by atoms with Crippen LogP contribution in [0.1, 0.15) is 12.8 Å². The number of piperidine rings is 1. The van der Waals surface area contributed by atoms with Gasteiger partial charge in [-0.1, -0.05) is 5.10 Å². The normalized spacial score (nSPS) is 20.2. The van der Waals surface area contributed by atoms with Gasteiger partial charge in [-0.25, -0.2) is 4.39 Å². The van der Waals surface area contributed by atoms with Gasteiger partial charge >= 0.3 is 6.01 Å². The van der Waals surface area contributed by atoms with Crippen LogP contribution in [0.25, 0.3) is 11.5 Å². The maximum Gasteiger partial charge on any atom is 0.318 e. The summed E-state index contributed by atoms with van der Waals surface area (Å²) in [5, 5.41) is 8.19. The van der Waals surface area contributed by atoms with E-state index >= 15 is 0 Å². The van der Waals surface area contributed by atoms with Crippen molar-refractivity contribution in [3.63, 3.8) is 0 Å². The maximum absolute atomic E-state index is 14.1. The molecule has 2 saturated heterocycles. The zero-order chi connectivity index (χ0) is 18.8. The third-order valence-corrected chi connectivity index (χ3v) is 5.61. The predicted molar refractivity (Wildman–Crippen MR) is 101 cm³/mol. The Balaban J connectivity index is 1.40. The highest BCUT2D eigenvalue weighted by Crippen LogP contribution is 2.29. The highest BCUT2D eigenvalue weighted by atomic mass is 19.1. The van der Waals surface area contributed by atoms with Crippen LogP contribution in [0.2, 0.25) is 0 Å². The number of nitrogens with zero attached hydrogens (tertiary/aromatic N) is 5. The van der Waals surface area contributed by atoms with Crippen LogP contribution >= 0.6 is 0 Å². The summed E-state index contributed by atoms with van der Waals surface area (Å²) >= 11 is 0. The minimum atomic E-state index is -0.403. The number of benzene rings is 1. The zero-order valence-corrected chi connectivity index (χ0v) is 15.9. The molecule has 8 heteroatoms. The van der Waals surface area contributed by atoms with E-state index in [2.05, 4.69) is 31.9 Å². The monoisotopic (exact) mass is 375 g/mol. The van der Waals surface area contributed by atoms with E-state index in [1.165, 1.54) is 6.07 Å². The Kier molecular flexibility index (Phi) is 5.27. The summed E-state index contributed by atoms with van der Waals surface area (Å²) in [5.74, 6) is 0.335. The van der Waals surface area contributed by atoms with Gasteiger partial charge in [0.05, 0.1) is 12.7 Å². The van der Waals surface area contributed by atoms with Crippen molar-refractivity contribution in [1.82, 2.24) is 20.0 Å². The second-order valence-corrected chi connectivity index (χ2v) is 7.29. The lowest BCUT2D eigenvalue weighted by Crippen LogP contribution is -2.52. The first kappa shape index (κ1) is 18.2. The van der Waals surface area contributed by atoms with Crippen molar-refractivity contribution in [2.75, 3.05) is 58.3 Å². The predicted octanol–water partition coefficient (Wildman–Crippen LogP) is 2.10. The van der Waals surface area contributed by atoms with Gasteiger partial charge in [-0.3, -0.25) is 4.90 Å². The van der Waals surface area contributed by atoms with Crippen molar-refractivity contribution in [2.45, 2.75) is 18.9 Å². The summed E-state index contributed by atoms with van der Waals surface area (Å²) in [5.41, 5.74) is 0.264. The highest BCUT2D eigenvalue weighted by molar-refractivity contribution is 5.57. The van der Waals surface area contributed by atoms with Crippen LogP contribution in [0.5, 0.6) is 5.75 Å². The SMILES string of the molecule is COc1ccc(F)c(-c2nnc(N3CCC(N4CCN(C)CC4)CC3)o2)c1. The number of hydrogen-bond donors (Lipinski definition) is 0. The van der Waals surface area contributed by atoms with Gasteiger partial charge in [0.15, 0.2) is 0 Å². The van der Waals surface area contributed by atoms with Gasteiger partial charge in [0.2, 0.25) is 0 Å². The lowest BCUT2D eigenvalue weighted by Gasteiger charge is -2.41. The number of rotatable bonds is 4. The summed E-state index contributed by atoms with van der Waals surface area (Å²) < 4.78 is 25.1. The Morgan fingerprint density at radius 1 is 1.07 bits per heavy atom. The van der Waals surface area contributed by atoms with Gasteiger partial charge in [0, 0.05) is 45.3 Å². The molecule has 0 amide bonds. The van der Waals surface area contributed by atoms with Gasteiger partial charge in [-0.15, -0.1) is 5.10 Å². The van der Waals surface area contributed by atoms with Crippen molar-refractivity contribution in [3.05, 3.63) is 24.0 Å². The second-order valence-electron chi connectivity index (χ2n) is 7.29. The van der Waals surface area contributed by atoms with Crippen molar-refractivity contribution >= 4 is 6.01 Å². The molecule has 2 fully saturated rings. The first-order chi connectivity index (χ1) is 13.1. The van der Waals surface area contributed by atoms with E-state index in [0.717, 1.165) is 52.1 Å². The molecule has 0 atom stereocenters. The number of likely N-dealkylation sites (N-methyl/N-ethyl adjacent to an activating group) is 1. The van der Waals surface area contributed by atoms with Gasteiger partial charge < -0.3 is 19.0 Å². The molecule has 146 valence electrons. The molecule has 4 rings (SSSR count). The van der Waals surface area contributed by atoms with Crippen LogP contribution in [0, 0.1) is 5.82 Å². The van der Waals surface area contributed by atoms with E-state index in [-0.39, 0.29) is 11.5 Å². The van der Waals surface area contributed by atoms with Crippen molar-refractivity contribution in [1.29, 1.82) is 0 Å². The van der Waals surface area contributed by atoms with Crippen molar-refractivity contribution in [2.24, 2.45) is 0 Å². The van der Waals surface area contributed by atoms with Crippen LogP contribution in [0.4, 0.5) is 10.4 Å². The molecular weight excluding hydrogens is 349 g/mol. The molecule has 0 N–H and O–H groups in total. The number of halogens is 1. The quantitative estimate of drug-likeness (QED) is 0.811. The number of methoxy groups -OCH3 is 1. The standard InChI is InChI=1S/C19H26FN5O2/c1-23-9-11-24(12-10-23)14-5-7-25(8-6-14)19-22-21-18(27-19)16-13-15(26-2)3-4-17(16)20/h3-4,13-14H,5-12H2,1-2H3. The van der Waals surface area contributed by atoms with Gasteiger partial charge in [-0.05, 0) is 38.1 Å². The van der Waals surface area contributed by atoms with Crippen LogP contribution in [-0.2, 0) is 0 Å². The molecule has 1 aromatic heterocycles. The van der Waals surface area contributed by atoms with Gasteiger partial charge in [0.1, 0.15) is 11.6 Å². The molecule has 0 bridgehead atoms. The van der Waals surface area contributed by atoms with Gasteiger partial charge in [0.25, 0.3) is 5.89 Å². The average Bonchev–Trinajstić information content (AvgIpc) is 3.19. The molecule has 2 aromatic rings. The third kappa shape index (κ3) is 3.91. The molecule has 2 aliphatic rings. The molecule has 3 heterocycles. The minimum Gasteiger partial charge on any atom is -0.497 e. The van der Waals surface area contributed by atoms with Gasteiger partial charge in [-0.2, -0.15) is 0 Å². The number of aromatic nitrogens is 2. The van der Waals surface area contributed by atoms with Crippen molar-refractivity contribution < 1.29 is 13.5 Å². The zero-order valence-electron chi connectivity index (χ0n) is 15.9. The number of ether oxygens (including phenoxy) is 1. The summed E-state index contributed by atoms with van der Waals surface area (Å²) in [6, 6.07) is 5.57. The number of hydrogen-bond acceptors (Lipinski definition) is 7. The Morgan fingerprint density at radius 2 is 1.81 bits per heavy atom. The summed E-state index contributed by atoms with van der Waals surface area (Å²) in [6.45, 7) is 6.30. The molecule has 0 unspecified atom stereocenters. The molecule has 7 nitrogen and oxygen atoms in total. The van der Waals surface area contributed by atoms with Crippen molar-refractivity contribution in [3.8, 4) is 17.2 Å². The summed E-state index contributed by atoms with van der Waals surface area (Å²) in [6.07, 6.45) is 2.16. The molecule has 2 aliphatic heterocycles.